The zero-order valence-corrected chi connectivity index (χ0v) is 9.91. The Morgan fingerprint density at radius 2 is 2.17 bits per heavy atom. The van der Waals surface area contributed by atoms with Gasteiger partial charge in [-0.3, -0.25) is 9.78 Å². The van der Waals surface area contributed by atoms with Gasteiger partial charge in [-0.2, -0.15) is 0 Å². The van der Waals surface area contributed by atoms with Crippen molar-refractivity contribution in [3.05, 3.63) is 53.1 Å². The highest BCUT2D eigenvalue weighted by atomic mass is 35.5. The number of anilines is 2. The number of amides is 1. The van der Waals surface area contributed by atoms with Crippen LogP contribution in [0.4, 0.5) is 15.8 Å². The lowest BCUT2D eigenvalue weighted by atomic mass is 10.2. The predicted molar refractivity (Wildman–Crippen MR) is 68.0 cm³/mol. The predicted octanol–water partition coefficient (Wildman–Crippen LogP) is 2.71. The Kier molecular flexibility index (Phi) is 3.43. The van der Waals surface area contributed by atoms with Crippen LogP contribution in [-0.2, 0) is 0 Å². The summed E-state index contributed by atoms with van der Waals surface area (Å²) in [5.74, 6) is -1.29. The molecule has 1 aromatic carbocycles. The molecule has 0 atom stereocenters. The molecule has 3 N–H and O–H groups in total. The second kappa shape index (κ2) is 5.01. The molecule has 0 spiro atoms. The molecule has 92 valence electrons. The normalized spacial score (nSPS) is 10.1. The Morgan fingerprint density at radius 1 is 1.39 bits per heavy atom. The van der Waals surface area contributed by atoms with E-state index in [0.29, 0.717) is 16.4 Å². The third-order valence-corrected chi connectivity index (χ3v) is 2.51. The third kappa shape index (κ3) is 2.57. The van der Waals surface area contributed by atoms with Crippen molar-refractivity contribution in [1.29, 1.82) is 0 Å². The monoisotopic (exact) mass is 265 g/mol. The summed E-state index contributed by atoms with van der Waals surface area (Å²) < 4.78 is 13.3. The number of carbonyl (C=O) groups is 1. The zero-order chi connectivity index (χ0) is 13.1. The summed E-state index contributed by atoms with van der Waals surface area (Å²) in [6, 6.07) is 5.92. The van der Waals surface area contributed by atoms with Gasteiger partial charge >= 0.3 is 0 Å². The SMILES string of the molecule is Nc1cc(Cl)ccc1NC(=O)c1ccncc1F. The molecule has 2 rings (SSSR count). The largest absolute Gasteiger partial charge is 0.397 e. The van der Waals surface area contributed by atoms with E-state index < -0.39 is 11.7 Å². The highest BCUT2D eigenvalue weighted by Crippen LogP contribution is 2.23. The van der Waals surface area contributed by atoms with Gasteiger partial charge in [0.15, 0.2) is 5.82 Å². The zero-order valence-electron chi connectivity index (χ0n) is 9.15. The molecular formula is C12H9ClFN3O. The summed E-state index contributed by atoms with van der Waals surface area (Å²) in [6.07, 6.45) is 2.31. The Bertz CT molecular complexity index is 604. The first-order valence-corrected chi connectivity index (χ1v) is 5.41. The third-order valence-electron chi connectivity index (χ3n) is 2.28. The van der Waals surface area contributed by atoms with E-state index in [2.05, 4.69) is 10.3 Å². The fourth-order valence-electron chi connectivity index (χ4n) is 1.40. The van der Waals surface area contributed by atoms with Crippen molar-refractivity contribution >= 4 is 28.9 Å². The van der Waals surface area contributed by atoms with E-state index in [0.717, 1.165) is 6.20 Å². The van der Waals surface area contributed by atoms with E-state index >= 15 is 0 Å². The maximum Gasteiger partial charge on any atom is 0.258 e. The minimum atomic E-state index is -0.692. The van der Waals surface area contributed by atoms with Crippen LogP contribution in [0.2, 0.25) is 5.02 Å². The summed E-state index contributed by atoms with van der Waals surface area (Å²) in [4.78, 5) is 15.4. The van der Waals surface area contributed by atoms with Gasteiger partial charge in [0.25, 0.3) is 5.91 Å². The van der Waals surface area contributed by atoms with Gasteiger partial charge in [0.05, 0.1) is 23.1 Å². The Balaban J connectivity index is 2.24. The Morgan fingerprint density at radius 3 is 2.83 bits per heavy atom. The second-order valence-electron chi connectivity index (χ2n) is 3.54. The maximum atomic E-state index is 13.3. The van der Waals surface area contributed by atoms with Crippen molar-refractivity contribution in [3.8, 4) is 0 Å². The number of hydrogen-bond acceptors (Lipinski definition) is 3. The summed E-state index contributed by atoms with van der Waals surface area (Å²) in [7, 11) is 0. The Labute approximate surface area is 108 Å². The number of nitrogen functional groups attached to an aromatic ring is 1. The van der Waals surface area contributed by atoms with Crippen LogP contribution in [0.15, 0.2) is 36.7 Å². The number of hydrogen-bond donors (Lipinski definition) is 2. The fourth-order valence-corrected chi connectivity index (χ4v) is 1.58. The molecule has 0 saturated heterocycles. The number of nitrogens with two attached hydrogens (primary N) is 1. The van der Waals surface area contributed by atoms with Gasteiger partial charge in [-0.1, -0.05) is 11.6 Å². The van der Waals surface area contributed by atoms with Crippen molar-refractivity contribution in [2.45, 2.75) is 0 Å². The number of nitrogens with zero attached hydrogens (tertiary/aromatic N) is 1. The molecule has 0 saturated carbocycles. The van der Waals surface area contributed by atoms with Gasteiger partial charge in [-0.25, -0.2) is 4.39 Å². The number of benzene rings is 1. The molecule has 0 aliphatic rings. The van der Waals surface area contributed by atoms with Crippen LogP contribution < -0.4 is 11.1 Å². The van der Waals surface area contributed by atoms with Crippen LogP contribution >= 0.6 is 11.6 Å². The van der Waals surface area contributed by atoms with Crippen molar-refractivity contribution in [2.75, 3.05) is 11.1 Å². The minimum absolute atomic E-state index is 0.0978. The van der Waals surface area contributed by atoms with E-state index in [9.17, 15) is 9.18 Å². The van der Waals surface area contributed by atoms with E-state index in [4.69, 9.17) is 17.3 Å². The van der Waals surface area contributed by atoms with Gasteiger partial charge in [0.1, 0.15) is 0 Å². The number of aromatic nitrogens is 1. The fraction of sp³-hybridized carbons (Fsp3) is 0. The maximum absolute atomic E-state index is 13.3. The van der Waals surface area contributed by atoms with Crippen LogP contribution in [0.25, 0.3) is 0 Å². The minimum Gasteiger partial charge on any atom is -0.397 e. The molecule has 0 bridgehead atoms. The summed E-state index contributed by atoms with van der Waals surface area (Å²) >= 11 is 5.73. The molecule has 0 fully saturated rings. The lowest BCUT2D eigenvalue weighted by Gasteiger charge is -2.08. The van der Waals surface area contributed by atoms with Gasteiger partial charge in [0, 0.05) is 11.2 Å². The molecule has 1 amide bonds. The number of carbonyl (C=O) groups excluding carboxylic acids is 1. The molecular weight excluding hydrogens is 257 g/mol. The first kappa shape index (κ1) is 12.3. The highest BCUT2D eigenvalue weighted by Gasteiger charge is 2.12. The van der Waals surface area contributed by atoms with Crippen LogP contribution in [0, 0.1) is 5.82 Å². The molecule has 0 radical (unpaired) electrons. The lowest BCUT2D eigenvalue weighted by Crippen LogP contribution is -2.14. The molecule has 0 aliphatic carbocycles. The average molecular weight is 266 g/mol. The molecule has 6 heteroatoms. The molecule has 18 heavy (non-hydrogen) atoms. The first-order chi connectivity index (χ1) is 8.58. The van der Waals surface area contributed by atoms with E-state index in [1.807, 2.05) is 0 Å². The van der Waals surface area contributed by atoms with Gasteiger partial charge < -0.3 is 11.1 Å². The first-order valence-electron chi connectivity index (χ1n) is 5.04. The summed E-state index contributed by atoms with van der Waals surface area (Å²) in [6.45, 7) is 0. The molecule has 1 aromatic heterocycles. The standard InChI is InChI=1S/C12H9ClFN3O/c13-7-1-2-11(10(15)5-7)17-12(18)8-3-4-16-6-9(8)14/h1-6H,15H2,(H,17,18). The van der Waals surface area contributed by atoms with Crippen molar-refractivity contribution in [1.82, 2.24) is 4.98 Å². The molecule has 0 unspecified atom stereocenters. The average Bonchev–Trinajstić information content (AvgIpc) is 2.33. The number of halogens is 2. The number of pyridine rings is 1. The van der Waals surface area contributed by atoms with Gasteiger partial charge in [-0.05, 0) is 24.3 Å². The van der Waals surface area contributed by atoms with Crippen LogP contribution in [0.3, 0.4) is 0 Å². The smallest absolute Gasteiger partial charge is 0.258 e. The van der Waals surface area contributed by atoms with E-state index in [-0.39, 0.29) is 5.56 Å². The van der Waals surface area contributed by atoms with Crippen LogP contribution in [0.1, 0.15) is 10.4 Å². The van der Waals surface area contributed by atoms with Gasteiger partial charge in [-0.15, -0.1) is 0 Å². The quantitative estimate of drug-likeness (QED) is 0.821. The molecule has 4 nitrogen and oxygen atoms in total. The van der Waals surface area contributed by atoms with Crippen molar-refractivity contribution in [3.63, 3.8) is 0 Å². The van der Waals surface area contributed by atoms with E-state index in [1.54, 1.807) is 12.1 Å². The Hall–Kier alpha value is -2.14. The highest BCUT2D eigenvalue weighted by molar-refractivity contribution is 6.31. The lowest BCUT2D eigenvalue weighted by molar-refractivity contribution is 0.102. The second-order valence-corrected chi connectivity index (χ2v) is 3.98. The molecule has 2 aromatic rings. The molecule has 1 heterocycles. The van der Waals surface area contributed by atoms with Gasteiger partial charge in [0.2, 0.25) is 0 Å². The topological polar surface area (TPSA) is 68.0 Å². The van der Waals surface area contributed by atoms with Crippen LogP contribution in [-0.4, -0.2) is 10.9 Å². The molecule has 0 aliphatic heterocycles. The number of nitrogens with one attached hydrogen (secondary N) is 1. The summed E-state index contributed by atoms with van der Waals surface area (Å²) in [5, 5.41) is 2.96. The number of rotatable bonds is 2. The van der Waals surface area contributed by atoms with Crippen molar-refractivity contribution < 1.29 is 9.18 Å². The summed E-state index contributed by atoms with van der Waals surface area (Å²) in [5.41, 5.74) is 6.27. The van der Waals surface area contributed by atoms with Crippen molar-refractivity contribution in [2.24, 2.45) is 0 Å². The van der Waals surface area contributed by atoms with E-state index in [1.165, 1.54) is 18.3 Å². The van der Waals surface area contributed by atoms with Crippen LogP contribution in [0.5, 0.6) is 0 Å².